The van der Waals surface area contributed by atoms with Crippen LogP contribution in [0.25, 0.3) is 5.57 Å². The van der Waals surface area contributed by atoms with Gasteiger partial charge in [-0.05, 0) is 101 Å². The Hall–Kier alpha value is -17.1. The fourth-order valence-electron chi connectivity index (χ4n) is 18.2. The average molecular weight is 1970 g/mol. The molecule has 12 aromatic carbocycles. The number of carbonyl (C=O) groups is 4. The van der Waals surface area contributed by atoms with E-state index in [4.69, 9.17) is 18.9 Å². The molecule has 0 aliphatic carbocycles. The van der Waals surface area contributed by atoms with Crippen LogP contribution in [0, 0.1) is 0 Å². The molecule has 24 nitrogen and oxygen atoms in total. The van der Waals surface area contributed by atoms with Crippen molar-refractivity contribution in [3.05, 3.63) is 547 Å². The van der Waals surface area contributed by atoms with E-state index in [0.717, 1.165) is 66.8 Å². The van der Waals surface area contributed by atoms with Crippen LogP contribution >= 0.6 is 15.9 Å². The largest absolute Gasteiger partial charge is 0.482 e. The summed E-state index contributed by atoms with van der Waals surface area (Å²) in [4.78, 5) is 114. The first-order chi connectivity index (χ1) is 69.6. The highest BCUT2D eigenvalue weighted by Gasteiger charge is 2.42. The van der Waals surface area contributed by atoms with Gasteiger partial charge in [-0.2, -0.15) is 0 Å². The van der Waals surface area contributed by atoms with Crippen LogP contribution in [0.15, 0.2) is 425 Å². The SMILES string of the molecule is C=C(C)c1cn2c(c(OCc3ccccc3)c1=O)C(=O)N(C)CN2C(c1ccccc1)c1ccccc1.CC(C)c1cn2c(c(OCc3ccccc3)c1=O)C(=O)N(C)CN2C(c1ccccc1)c1ccccc1.CN1CN(C(c2ccccc2)c2ccccc2)n2cc(Br)c(=O)c(OCc3ccccc3)c2C1=O.CN1CN(C(c2ccccc2)c2ccccc2)n2ccc(=O)c(OCc3ccccc3)c2C1=O. The van der Waals surface area contributed by atoms with Crippen molar-refractivity contribution in [2.75, 3.05) is 74.9 Å². The van der Waals surface area contributed by atoms with E-state index in [0.29, 0.717) is 47.8 Å². The number of hydrogen-bond acceptors (Lipinski definition) is 16. The van der Waals surface area contributed by atoms with Gasteiger partial charge in [0, 0.05) is 70.2 Å². The Balaban J connectivity index is 0.000000131. The van der Waals surface area contributed by atoms with Gasteiger partial charge in [-0.15, -0.1) is 0 Å². The topological polar surface area (TPSA) is 219 Å². The summed E-state index contributed by atoms with van der Waals surface area (Å²) in [6.45, 7) is 11.9. The molecule has 4 aliphatic heterocycles. The van der Waals surface area contributed by atoms with Crippen LogP contribution in [0.2, 0.25) is 0 Å². The summed E-state index contributed by atoms with van der Waals surface area (Å²) in [6.07, 6.45) is 6.87. The summed E-state index contributed by atoms with van der Waals surface area (Å²) in [5, 5.41) is 8.36. The number of ether oxygens (including phenoxy) is 4. The van der Waals surface area contributed by atoms with Gasteiger partial charge in [0.15, 0.2) is 45.8 Å². The molecule has 0 saturated heterocycles. The van der Waals surface area contributed by atoms with Gasteiger partial charge in [-0.25, -0.2) is 0 Å². The highest BCUT2D eigenvalue weighted by molar-refractivity contribution is 9.10. The Kier molecular flexibility index (Phi) is 30.6. The van der Waals surface area contributed by atoms with Crippen molar-refractivity contribution in [1.29, 1.82) is 0 Å². The van der Waals surface area contributed by atoms with E-state index in [1.54, 1.807) is 87.3 Å². The molecule has 0 N–H and O–H groups in total. The molecule has 4 amide bonds. The van der Waals surface area contributed by atoms with Crippen molar-refractivity contribution < 1.29 is 38.1 Å². The van der Waals surface area contributed by atoms with E-state index in [1.807, 2.05) is 292 Å². The number of pyridine rings is 4. The first kappa shape index (κ1) is 97.6. The number of aromatic nitrogens is 4. The minimum absolute atomic E-state index is 0.0321. The molecule has 0 radical (unpaired) electrons. The Morgan fingerprint density at radius 3 is 0.776 bits per heavy atom. The van der Waals surface area contributed by atoms with E-state index < -0.39 is 0 Å². The molecule has 16 aromatic rings. The summed E-state index contributed by atoms with van der Waals surface area (Å²) in [5.74, 6) is -0.866. The maximum atomic E-state index is 13.6. The van der Waals surface area contributed by atoms with Crippen molar-refractivity contribution in [1.82, 2.24) is 38.3 Å². The summed E-state index contributed by atoms with van der Waals surface area (Å²) in [5.41, 5.74) is 13.5. The maximum Gasteiger partial charge on any atom is 0.277 e. The number of benzene rings is 12. The molecule has 8 heterocycles. The van der Waals surface area contributed by atoms with Crippen LogP contribution < -0.4 is 60.7 Å². The molecular formula is C118H109BrN12O12. The van der Waals surface area contributed by atoms with Crippen molar-refractivity contribution in [3.8, 4) is 23.0 Å². The first-order valence-electron chi connectivity index (χ1n) is 47.2. The average Bonchev–Trinajstić information content (AvgIpc) is 0.746. The molecular weight excluding hydrogens is 1860 g/mol. The Bertz CT molecular complexity index is 7260. The number of amides is 4. The number of hydrogen-bond donors (Lipinski definition) is 0. The lowest BCUT2D eigenvalue weighted by atomic mass is 9.97. The second kappa shape index (κ2) is 44.8. The fourth-order valence-corrected chi connectivity index (χ4v) is 18.6. The zero-order valence-corrected chi connectivity index (χ0v) is 82.0. The second-order valence-corrected chi connectivity index (χ2v) is 36.5. The maximum absolute atomic E-state index is 13.6. The molecule has 143 heavy (non-hydrogen) atoms. The third kappa shape index (κ3) is 21.6. The van der Waals surface area contributed by atoms with Gasteiger partial charge in [0.1, 0.15) is 53.1 Å². The lowest BCUT2D eigenvalue weighted by molar-refractivity contribution is 0.0716. The second-order valence-electron chi connectivity index (χ2n) is 35.6. The van der Waals surface area contributed by atoms with Crippen LogP contribution in [0.5, 0.6) is 23.0 Å². The fraction of sp³-hybridized carbons (Fsp3) is 0.169. The molecule has 0 spiro atoms. The number of halogens is 1. The number of allylic oxidation sites excluding steroid dienone is 1. The highest BCUT2D eigenvalue weighted by atomic mass is 79.9. The summed E-state index contributed by atoms with van der Waals surface area (Å²) < 4.78 is 31.8. The molecule has 0 saturated carbocycles. The van der Waals surface area contributed by atoms with E-state index >= 15 is 0 Å². The van der Waals surface area contributed by atoms with Crippen molar-refractivity contribution in [2.24, 2.45) is 0 Å². The normalized spacial score (nSPS) is 13.2. The molecule has 4 aromatic heterocycles. The predicted octanol–water partition coefficient (Wildman–Crippen LogP) is 19.7. The number of carbonyl (C=O) groups excluding carboxylic acids is 4. The van der Waals surface area contributed by atoms with Gasteiger partial charge >= 0.3 is 0 Å². The lowest BCUT2D eigenvalue weighted by Crippen LogP contribution is -2.54. The van der Waals surface area contributed by atoms with E-state index in [9.17, 15) is 38.4 Å². The summed E-state index contributed by atoms with van der Waals surface area (Å²) in [7, 11) is 6.97. The third-order valence-corrected chi connectivity index (χ3v) is 25.9. The zero-order valence-electron chi connectivity index (χ0n) is 80.4. The minimum Gasteiger partial charge on any atom is -0.482 e. The highest BCUT2D eigenvalue weighted by Crippen LogP contribution is 2.40. The number of nitrogens with zero attached hydrogens (tertiary/aromatic N) is 12. The van der Waals surface area contributed by atoms with Crippen molar-refractivity contribution >= 4 is 45.1 Å². The lowest BCUT2D eigenvalue weighted by Gasteiger charge is -2.43. The summed E-state index contributed by atoms with van der Waals surface area (Å²) in [6, 6.07) is 120. The van der Waals surface area contributed by atoms with E-state index in [-0.39, 0.29) is 148 Å². The van der Waals surface area contributed by atoms with Crippen LogP contribution in [-0.4, -0.2) is 117 Å². The first-order valence-corrected chi connectivity index (χ1v) is 48.0. The van der Waals surface area contributed by atoms with Gasteiger partial charge in [-0.1, -0.05) is 384 Å². The number of rotatable bonds is 26. The van der Waals surface area contributed by atoms with Crippen LogP contribution in [0.3, 0.4) is 0 Å². The molecule has 0 bridgehead atoms. The van der Waals surface area contributed by atoms with Crippen LogP contribution in [0.4, 0.5) is 0 Å². The molecule has 4 aliphatic rings. The predicted molar refractivity (Wildman–Crippen MR) is 562 cm³/mol. The van der Waals surface area contributed by atoms with Crippen molar-refractivity contribution in [2.45, 2.75) is 77.3 Å². The van der Waals surface area contributed by atoms with E-state index in [2.05, 4.69) is 140 Å². The summed E-state index contributed by atoms with van der Waals surface area (Å²) >= 11 is 3.41. The van der Waals surface area contributed by atoms with Gasteiger partial charge in [0.25, 0.3) is 23.6 Å². The van der Waals surface area contributed by atoms with Gasteiger partial charge in [0.05, 0.1) is 28.6 Å². The molecule has 20 rings (SSSR count). The van der Waals surface area contributed by atoms with E-state index in [1.165, 1.54) is 6.07 Å². The smallest absolute Gasteiger partial charge is 0.277 e. The molecule has 0 fully saturated rings. The standard InChI is InChI=1S/C31H31N3O3.C31H29N3O3.C28H24BrN3O3.C28H25N3O3/c2*1-22(2)26-19-33-28(30(29(26)35)37-20-23-13-7-4-8-14-23)31(36)32(3)21-34(33)27(24-15-9-5-10-16-24)25-17-11-6-12-18-25;1-30-19-32(24(21-13-7-3-8-14-21)22-15-9-4-10-16-22)31-17-23(29)26(33)27(25(31)28(30)34)35-18-20-11-5-2-6-12-20;1-29-20-31(25(22-13-7-3-8-14-22)23-15-9-4-10-16-23)30-18-17-24(32)27(26(30)28(29)33)34-19-21-11-5-2-6-12-21/h4-19,22,27H,20-21H2,1-3H3;4-19,27H,1,20-21H2,2-3H3;2-17,24H,18-19H2,1H3;2-18,25H,19-20H2,1H3. The molecule has 720 valence electrons. The molecule has 0 unspecified atom stereocenters. The molecule has 0 atom stereocenters. The van der Waals surface area contributed by atoms with Gasteiger partial charge in [-0.3, -0.25) is 77.1 Å². The number of fused-ring (bicyclic) bond motifs is 4. The Morgan fingerprint density at radius 2 is 0.510 bits per heavy atom. The monoisotopic (exact) mass is 1960 g/mol. The van der Waals surface area contributed by atoms with Crippen molar-refractivity contribution in [3.63, 3.8) is 0 Å². The van der Waals surface area contributed by atoms with Gasteiger partial charge < -0.3 is 38.5 Å². The minimum atomic E-state index is -0.355. The van der Waals surface area contributed by atoms with Crippen LogP contribution in [-0.2, 0) is 26.4 Å². The third-order valence-electron chi connectivity index (χ3n) is 25.3. The van der Waals surface area contributed by atoms with Gasteiger partial charge in [0.2, 0.25) is 21.7 Å². The Morgan fingerprint density at radius 1 is 0.287 bits per heavy atom. The van der Waals surface area contributed by atoms with Crippen LogP contribution in [0.1, 0.15) is 171 Å². The zero-order chi connectivity index (χ0) is 99.7. The quantitative estimate of drug-likeness (QED) is 0.0492. The molecule has 25 heteroatoms. The Labute approximate surface area is 838 Å².